The fourth-order valence-corrected chi connectivity index (χ4v) is 2.26. The SMILES string of the molecule is CC(=O)CCC(=O)c1cc(Br)c2c(c1)OCCO2. The fraction of sp³-hybridized carbons (Fsp3) is 0.385. The molecule has 1 aliphatic heterocycles. The van der Waals surface area contributed by atoms with Crippen LogP contribution >= 0.6 is 15.9 Å². The average molecular weight is 313 g/mol. The van der Waals surface area contributed by atoms with Crippen molar-refractivity contribution in [2.45, 2.75) is 19.8 Å². The van der Waals surface area contributed by atoms with Gasteiger partial charge in [-0.25, -0.2) is 0 Å². The lowest BCUT2D eigenvalue weighted by Gasteiger charge is -2.20. The van der Waals surface area contributed by atoms with Gasteiger partial charge in [0, 0.05) is 18.4 Å². The molecule has 1 heterocycles. The van der Waals surface area contributed by atoms with Crippen LogP contribution in [0.2, 0.25) is 0 Å². The third-order valence-electron chi connectivity index (χ3n) is 2.62. The maximum Gasteiger partial charge on any atom is 0.175 e. The van der Waals surface area contributed by atoms with Gasteiger partial charge in [-0.15, -0.1) is 0 Å². The number of Topliss-reactive ketones (excluding diaryl/α,β-unsaturated/α-hetero) is 2. The molecule has 0 radical (unpaired) electrons. The Kier molecular flexibility index (Phi) is 4.01. The second-order valence-corrected chi connectivity index (χ2v) is 4.96. The van der Waals surface area contributed by atoms with E-state index in [9.17, 15) is 9.59 Å². The van der Waals surface area contributed by atoms with Crippen molar-refractivity contribution in [3.63, 3.8) is 0 Å². The molecule has 0 aromatic heterocycles. The summed E-state index contributed by atoms with van der Waals surface area (Å²) < 4.78 is 11.6. The zero-order valence-corrected chi connectivity index (χ0v) is 11.6. The van der Waals surface area contributed by atoms with Crippen LogP contribution < -0.4 is 9.47 Å². The number of benzene rings is 1. The molecule has 0 spiro atoms. The van der Waals surface area contributed by atoms with Crippen molar-refractivity contribution in [3.8, 4) is 11.5 Å². The largest absolute Gasteiger partial charge is 0.486 e. The van der Waals surface area contributed by atoms with Crippen LogP contribution in [0.5, 0.6) is 11.5 Å². The summed E-state index contributed by atoms with van der Waals surface area (Å²) in [5, 5.41) is 0. The first-order valence-electron chi connectivity index (χ1n) is 5.69. The van der Waals surface area contributed by atoms with E-state index in [0.29, 0.717) is 34.7 Å². The van der Waals surface area contributed by atoms with E-state index in [1.54, 1.807) is 12.1 Å². The average Bonchev–Trinajstić information content (AvgIpc) is 2.36. The summed E-state index contributed by atoms with van der Waals surface area (Å²) in [5.41, 5.74) is 0.535. The summed E-state index contributed by atoms with van der Waals surface area (Å²) in [5.74, 6) is 1.15. The quantitative estimate of drug-likeness (QED) is 0.802. The first kappa shape index (κ1) is 13.1. The third kappa shape index (κ3) is 2.90. The van der Waals surface area contributed by atoms with E-state index >= 15 is 0 Å². The van der Waals surface area contributed by atoms with E-state index < -0.39 is 0 Å². The van der Waals surface area contributed by atoms with E-state index in [0.717, 1.165) is 0 Å². The maximum atomic E-state index is 11.9. The number of fused-ring (bicyclic) bond motifs is 1. The van der Waals surface area contributed by atoms with E-state index in [1.165, 1.54) is 6.92 Å². The van der Waals surface area contributed by atoms with Gasteiger partial charge in [0.25, 0.3) is 0 Å². The normalized spacial score (nSPS) is 13.2. The molecule has 0 atom stereocenters. The summed E-state index contributed by atoms with van der Waals surface area (Å²) in [4.78, 5) is 22.8. The smallest absolute Gasteiger partial charge is 0.175 e. The number of ketones is 2. The Labute approximate surface area is 113 Å². The van der Waals surface area contributed by atoms with Gasteiger partial charge in [-0.1, -0.05) is 0 Å². The monoisotopic (exact) mass is 312 g/mol. The van der Waals surface area contributed by atoms with Gasteiger partial charge in [0.2, 0.25) is 0 Å². The molecule has 1 aromatic rings. The minimum atomic E-state index is -0.0668. The Morgan fingerprint density at radius 3 is 2.67 bits per heavy atom. The molecule has 4 nitrogen and oxygen atoms in total. The maximum absolute atomic E-state index is 11.9. The van der Waals surface area contributed by atoms with E-state index in [2.05, 4.69) is 15.9 Å². The highest BCUT2D eigenvalue weighted by atomic mass is 79.9. The first-order chi connectivity index (χ1) is 8.58. The van der Waals surface area contributed by atoms with Gasteiger partial charge in [-0.05, 0) is 35.0 Å². The van der Waals surface area contributed by atoms with E-state index in [1.807, 2.05) is 0 Å². The number of ether oxygens (including phenoxy) is 2. The number of halogens is 1. The van der Waals surface area contributed by atoms with Crippen molar-refractivity contribution in [2.75, 3.05) is 13.2 Å². The van der Waals surface area contributed by atoms with E-state index in [-0.39, 0.29) is 24.4 Å². The molecule has 5 heteroatoms. The van der Waals surface area contributed by atoms with Gasteiger partial charge in [0.1, 0.15) is 19.0 Å². The highest BCUT2D eigenvalue weighted by Gasteiger charge is 2.18. The second-order valence-electron chi connectivity index (χ2n) is 4.11. The minimum Gasteiger partial charge on any atom is -0.486 e. The van der Waals surface area contributed by atoms with Crippen LogP contribution in [-0.2, 0) is 4.79 Å². The molecular weight excluding hydrogens is 300 g/mol. The van der Waals surface area contributed by atoms with Gasteiger partial charge in [-0.2, -0.15) is 0 Å². The van der Waals surface area contributed by atoms with Crippen LogP contribution in [-0.4, -0.2) is 24.8 Å². The van der Waals surface area contributed by atoms with Crippen LogP contribution in [0.25, 0.3) is 0 Å². The topological polar surface area (TPSA) is 52.6 Å². The van der Waals surface area contributed by atoms with Crippen molar-refractivity contribution in [1.29, 1.82) is 0 Å². The molecule has 2 rings (SSSR count). The second kappa shape index (κ2) is 5.52. The molecule has 1 aliphatic rings. The minimum absolute atomic E-state index is 0.0139. The summed E-state index contributed by atoms with van der Waals surface area (Å²) >= 11 is 3.36. The van der Waals surface area contributed by atoms with Crippen LogP contribution in [0.1, 0.15) is 30.1 Å². The van der Waals surface area contributed by atoms with Crippen molar-refractivity contribution in [1.82, 2.24) is 0 Å². The van der Waals surface area contributed by atoms with Crippen LogP contribution in [0.3, 0.4) is 0 Å². The number of carbonyl (C=O) groups is 2. The Hall–Kier alpha value is -1.36. The van der Waals surface area contributed by atoms with Crippen molar-refractivity contribution in [2.24, 2.45) is 0 Å². The molecular formula is C13H13BrO4. The fourth-order valence-electron chi connectivity index (χ4n) is 1.71. The predicted octanol–water partition coefficient (Wildman–Crippen LogP) is 2.77. The number of rotatable bonds is 4. The highest BCUT2D eigenvalue weighted by molar-refractivity contribution is 9.10. The molecule has 0 unspecified atom stereocenters. The molecule has 18 heavy (non-hydrogen) atoms. The molecule has 0 fully saturated rings. The standard InChI is InChI=1S/C13H13BrO4/c1-8(15)2-3-11(16)9-6-10(14)13-12(7-9)17-4-5-18-13/h6-7H,2-5H2,1H3. The van der Waals surface area contributed by atoms with Crippen molar-refractivity contribution >= 4 is 27.5 Å². The van der Waals surface area contributed by atoms with Gasteiger partial charge in [-0.3, -0.25) is 4.79 Å². The Balaban J connectivity index is 2.21. The molecule has 0 aliphatic carbocycles. The molecule has 0 saturated carbocycles. The van der Waals surface area contributed by atoms with Gasteiger partial charge in [0.15, 0.2) is 17.3 Å². The Bertz CT molecular complexity index is 496. The van der Waals surface area contributed by atoms with Crippen LogP contribution in [0, 0.1) is 0 Å². The molecule has 0 amide bonds. The lowest BCUT2D eigenvalue weighted by Crippen LogP contribution is -2.16. The molecule has 0 N–H and O–H groups in total. The summed E-state index contributed by atoms with van der Waals surface area (Å²) in [6.07, 6.45) is 0.492. The van der Waals surface area contributed by atoms with Gasteiger partial charge in [0.05, 0.1) is 4.47 Å². The molecule has 96 valence electrons. The van der Waals surface area contributed by atoms with Crippen molar-refractivity contribution < 1.29 is 19.1 Å². The van der Waals surface area contributed by atoms with Crippen molar-refractivity contribution in [3.05, 3.63) is 22.2 Å². The lowest BCUT2D eigenvalue weighted by molar-refractivity contribution is -0.116. The summed E-state index contributed by atoms with van der Waals surface area (Å²) in [6.45, 7) is 2.46. The Morgan fingerprint density at radius 1 is 1.22 bits per heavy atom. The van der Waals surface area contributed by atoms with E-state index in [4.69, 9.17) is 9.47 Å². The number of hydrogen-bond donors (Lipinski definition) is 0. The summed E-state index contributed by atoms with van der Waals surface area (Å²) in [6, 6.07) is 3.37. The van der Waals surface area contributed by atoms with Gasteiger partial charge >= 0.3 is 0 Å². The summed E-state index contributed by atoms with van der Waals surface area (Å²) in [7, 11) is 0. The Morgan fingerprint density at radius 2 is 1.94 bits per heavy atom. The highest BCUT2D eigenvalue weighted by Crippen LogP contribution is 2.38. The third-order valence-corrected chi connectivity index (χ3v) is 3.21. The predicted molar refractivity (Wildman–Crippen MR) is 69.4 cm³/mol. The zero-order chi connectivity index (χ0) is 13.1. The first-order valence-corrected chi connectivity index (χ1v) is 6.49. The van der Waals surface area contributed by atoms with Crippen LogP contribution in [0.4, 0.5) is 0 Å². The van der Waals surface area contributed by atoms with Gasteiger partial charge < -0.3 is 14.3 Å². The molecule has 1 aromatic carbocycles. The molecule has 0 saturated heterocycles. The molecule has 0 bridgehead atoms. The van der Waals surface area contributed by atoms with Crippen LogP contribution in [0.15, 0.2) is 16.6 Å². The number of carbonyl (C=O) groups excluding carboxylic acids is 2. The zero-order valence-electron chi connectivity index (χ0n) is 9.99. The number of hydrogen-bond acceptors (Lipinski definition) is 4. The lowest BCUT2D eigenvalue weighted by atomic mass is 10.0.